The van der Waals surface area contributed by atoms with Crippen molar-refractivity contribution in [1.29, 1.82) is 0 Å². The summed E-state index contributed by atoms with van der Waals surface area (Å²) < 4.78 is 0. The Bertz CT molecular complexity index is 380. The maximum Gasteiger partial charge on any atom is 0.0249 e. The van der Waals surface area contributed by atoms with Crippen molar-refractivity contribution < 1.29 is 0 Å². The number of nitrogens with zero attached hydrogens (tertiary/aromatic N) is 1. The fraction of sp³-hybridized carbons (Fsp3) is 0.647. The van der Waals surface area contributed by atoms with Crippen LogP contribution in [0.1, 0.15) is 56.9 Å². The van der Waals surface area contributed by atoms with Crippen molar-refractivity contribution in [2.24, 2.45) is 0 Å². The molecule has 0 bridgehead atoms. The van der Waals surface area contributed by atoms with Crippen LogP contribution in [0.5, 0.6) is 0 Å². The Morgan fingerprint density at radius 1 is 1.00 bits per heavy atom. The summed E-state index contributed by atoms with van der Waals surface area (Å²) >= 11 is 0. The van der Waals surface area contributed by atoms with Gasteiger partial charge in [-0.1, -0.05) is 43.2 Å². The molecule has 1 saturated heterocycles. The van der Waals surface area contributed by atoms with E-state index in [2.05, 4.69) is 42.2 Å². The second-order valence-corrected chi connectivity index (χ2v) is 6.26. The molecule has 1 aliphatic heterocycles. The Hall–Kier alpha value is -0.820. The summed E-state index contributed by atoms with van der Waals surface area (Å²) in [6.07, 6.45) is 8.37. The summed E-state index contributed by atoms with van der Waals surface area (Å²) in [4.78, 5) is 2.78. The minimum absolute atomic E-state index is 0.413. The average Bonchev–Trinajstić information content (AvgIpc) is 2.95. The highest BCUT2D eigenvalue weighted by molar-refractivity contribution is 5.25. The summed E-state index contributed by atoms with van der Waals surface area (Å²) in [5, 5.41) is 0. The average molecular weight is 243 g/mol. The predicted octanol–water partition coefficient (Wildman–Crippen LogP) is 4.20. The zero-order valence-electron chi connectivity index (χ0n) is 11.6. The van der Waals surface area contributed by atoms with Gasteiger partial charge in [-0.3, -0.25) is 4.90 Å². The highest BCUT2D eigenvalue weighted by Crippen LogP contribution is 2.45. The topological polar surface area (TPSA) is 3.24 Å². The molecule has 3 rings (SSSR count). The van der Waals surface area contributed by atoms with Crippen LogP contribution in [0.15, 0.2) is 30.3 Å². The lowest BCUT2D eigenvalue weighted by Gasteiger charge is -2.48. The van der Waals surface area contributed by atoms with Crippen molar-refractivity contribution in [2.45, 2.75) is 56.9 Å². The van der Waals surface area contributed by atoms with E-state index >= 15 is 0 Å². The van der Waals surface area contributed by atoms with E-state index in [1.54, 1.807) is 5.56 Å². The van der Waals surface area contributed by atoms with Crippen LogP contribution in [-0.4, -0.2) is 23.5 Å². The number of hydrogen-bond donors (Lipinski definition) is 0. The summed E-state index contributed by atoms with van der Waals surface area (Å²) in [5.41, 5.74) is 1.97. The second-order valence-electron chi connectivity index (χ2n) is 6.26. The van der Waals surface area contributed by atoms with Crippen LogP contribution in [0, 0.1) is 0 Å². The molecule has 0 amide bonds. The van der Waals surface area contributed by atoms with Crippen LogP contribution in [-0.2, 0) is 0 Å². The smallest absolute Gasteiger partial charge is 0.0249 e. The molecular formula is C17H25N. The number of hydrogen-bond acceptors (Lipinski definition) is 1. The van der Waals surface area contributed by atoms with Crippen molar-refractivity contribution in [1.82, 2.24) is 4.90 Å². The molecule has 1 aliphatic carbocycles. The lowest BCUT2D eigenvalue weighted by atomic mass is 9.70. The van der Waals surface area contributed by atoms with E-state index in [-0.39, 0.29) is 0 Å². The van der Waals surface area contributed by atoms with Crippen molar-refractivity contribution >= 4 is 0 Å². The van der Waals surface area contributed by atoms with Crippen LogP contribution in [0.3, 0.4) is 0 Å². The Kier molecular flexibility index (Phi) is 3.43. The Morgan fingerprint density at radius 3 is 2.44 bits per heavy atom. The van der Waals surface area contributed by atoms with Gasteiger partial charge >= 0.3 is 0 Å². The van der Waals surface area contributed by atoms with Gasteiger partial charge in [0, 0.05) is 11.5 Å². The standard InChI is InChI=1S/C17H25N/c1-17(18-13-7-8-14-18)12-6-5-11-16(17)15-9-3-2-4-10-15/h2-4,9-10,16H,5-8,11-14H2,1H3/t16-,17-/m1/s1. The first-order chi connectivity index (χ1) is 8.81. The van der Waals surface area contributed by atoms with Gasteiger partial charge in [-0.2, -0.15) is 0 Å². The lowest BCUT2D eigenvalue weighted by Crippen LogP contribution is -2.50. The zero-order chi connectivity index (χ0) is 12.4. The van der Waals surface area contributed by atoms with E-state index in [4.69, 9.17) is 0 Å². The quantitative estimate of drug-likeness (QED) is 0.752. The first-order valence-electron chi connectivity index (χ1n) is 7.61. The molecule has 0 N–H and O–H groups in total. The largest absolute Gasteiger partial charge is 0.297 e. The van der Waals surface area contributed by atoms with Gasteiger partial charge in [0.15, 0.2) is 0 Å². The van der Waals surface area contributed by atoms with E-state index in [1.807, 2.05) is 0 Å². The molecule has 18 heavy (non-hydrogen) atoms. The van der Waals surface area contributed by atoms with Crippen LogP contribution in [0.2, 0.25) is 0 Å². The summed E-state index contributed by atoms with van der Waals surface area (Å²) in [7, 11) is 0. The van der Waals surface area contributed by atoms with Gasteiger partial charge in [-0.25, -0.2) is 0 Å². The molecule has 98 valence electrons. The zero-order valence-corrected chi connectivity index (χ0v) is 11.6. The van der Waals surface area contributed by atoms with Gasteiger partial charge in [-0.15, -0.1) is 0 Å². The SMILES string of the molecule is C[C@@]1(N2CCCC2)CCCC[C@@H]1c1ccccc1. The molecule has 1 aromatic rings. The van der Waals surface area contributed by atoms with E-state index in [0.29, 0.717) is 5.54 Å². The highest BCUT2D eigenvalue weighted by atomic mass is 15.2. The van der Waals surface area contributed by atoms with Crippen molar-refractivity contribution in [3.63, 3.8) is 0 Å². The third-order valence-electron chi connectivity index (χ3n) is 5.21. The summed E-state index contributed by atoms with van der Waals surface area (Å²) in [6.45, 7) is 5.16. The Morgan fingerprint density at radius 2 is 1.72 bits per heavy atom. The van der Waals surface area contributed by atoms with Crippen LogP contribution in [0.4, 0.5) is 0 Å². The third kappa shape index (κ3) is 2.09. The van der Waals surface area contributed by atoms with Crippen LogP contribution in [0.25, 0.3) is 0 Å². The normalized spacial score (nSPS) is 33.7. The monoisotopic (exact) mass is 243 g/mol. The lowest BCUT2D eigenvalue weighted by molar-refractivity contribution is 0.0676. The van der Waals surface area contributed by atoms with E-state index in [0.717, 1.165) is 5.92 Å². The minimum Gasteiger partial charge on any atom is -0.297 e. The maximum absolute atomic E-state index is 2.78. The van der Waals surface area contributed by atoms with E-state index < -0.39 is 0 Å². The number of rotatable bonds is 2. The molecule has 1 saturated carbocycles. The first kappa shape index (κ1) is 12.2. The molecule has 0 radical (unpaired) electrons. The fourth-order valence-corrected chi connectivity index (χ4v) is 4.13. The molecule has 1 heteroatoms. The number of benzene rings is 1. The predicted molar refractivity (Wildman–Crippen MR) is 76.9 cm³/mol. The molecular weight excluding hydrogens is 218 g/mol. The van der Waals surface area contributed by atoms with Crippen LogP contribution >= 0.6 is 0 Å². The van der Waals surface area contributed by atoms with Gasteiger partial charge < -0.3 is 0 Å². The van der Waals surface area contributed by atoms with Gasteiger partial charge in [0.1, 0.15) is 0 Å². The van der Waals surface area contributed by atoms with Crippen molar-refractivity contribution in [3.05, 3.63) is 35.9 Å². The maximum atomic E-state index is 2.78. The van der Waals surface area contributed by atoms with Gasteiger partial charge in [0.25, 0.3) is 0 Å². The summed E-state index contributed by atoms with van der Waals surface area (Å²) in [6, 6.07) is 11.2. The van der Waals surface area contributed by atoms with E-state index in [9.17, 15) is 0 Å². The molecule has 2 aliphatic rings. The van der Waals surface area contributed by atoms with Crippen molar-refractivity contribution in [2.75, 3.05) is 13.1 Å². The minimum atomic E-state index is 0.413. The number of likely N-dealkylation sites (tertiary alicyclic amines) is 1. The first-order valence-corrected chi connectivity index (χ1v) is 7.61. The molecule has 0 aromatic heterocycles. The van der Waals surface area contributed by atoms with Crippen LogP contribution < -0.4 is 0 Å². The molecule has 0 unspecified atom stereocenters. The molecule has 1 nitrogen and oxygen atoms in total. The summed E-state index contributed by atoms with van der Waals surface area (Å²) in [5.74, 6) is 0.741. The van der Waals surface area contributed by atoms with E-state index in [1.165, 1.54) is 51.6 Å². The highest BCUT2D eigenvalue weighted by Gasteiger charge is 2.42. The van der Waals surface area contributed by atoms with Crippen molar-refractivity contribution in [3.8, 4) is 0 Å². The molecule has 2 fully saturated rings. The molecule has 1 aromatic carbocycles. The Balaban J connectivity index is 1.89. The molecule has 0 spiro atoms. The molecule has 1 heterocycles. The Labute approximate surface area is 111 Å². The van der Waals surface area contributed by atoms with Gasteiger partial charge in [0.05, 0.1) is 0 Å². The molecule has 2 atom stereocenters. The third-order valence-corrected chi connectivity index (χ3v) is 5.21. The fourth-order valence-electron chi connectivity index (χ4n) is 4.13. The van der Waals surface area contributed by atoms with Gasteiger partial charge in [0.2, 0.25) is 0 Å². The second kappa shape index (κ2) is 5.05. The van der Waals surface area contributed by atoms with Gasteiger partial charge in [-0.05, 0) is 51.3 Å².